The van der Waals surface area contributed by atoms with E-state index < -0.39 is 0 Å². The molecule has 0 fully saturated rings. The van der Waals surface area contributed by atoms with E-state index in [1.165, 1.54) is 53.2 Å². The van der Waals surface area contributed by atoms with Crippen LogP contribution < -0.4 is 0 Å². The summed E-state index contributed by atoms with van der Waals surface area (Å²) < 4.78 is 11.8. The van der Waals surface area contributed by atoms with Crippen molar-refractivity contribution in [3.8, 4) is 0 Å². The van der Waals surface area contributed by atoms with Gasteiger partial charge in [-0.05, 0) is 51.2 Å². The molecule has 0 bridgehead atoms. The van der Waals surface area contributed by atoms with Gasteiger partial charge in [-0.2, -0.15) is 0 Å². The molecule has 0 nitrogen and oxygen atoms in total. The Hall–Kier alpha value is 2.90. The Morgan fingerprint density at radius 2 is 1.25 bits per heavy atom. The van der Waals surface area contributed by atoms with Crippen LogP contribution in [0.3, 0.4) is 0 Å². The van der Waals surface area contributed by atoms with Crippen LogP contribution in [-0.2, 0) is 0 Å². The maximum atomic E-state index is 4.12. The zero-order chi connectivity index (χ0) is 23.1. The van der Waals surface area contributed by atoms with Crippen LogP contribution in [0, 0.1) is 0 Å². The van der Waals surface area contributed by atoms with Crippen molar-refractivity contribution < 1.29 is 0 Å². The molecule has 0 saturated heterocycles. The molecular weight excluding hydrogens is 625 g/mol. The van der Waals surface area contributed by atoms with Gasteiger partial charge in [-0.25, -0.2) is 0 Å². The molecule has 0 N–H and O–H groups in total. The summed E-state index contributed by atoms with van der Waals surface area (Å²) in [5, 5.41) is 1.07. The molecule has 0 aliphatic carbocycles. The maximum absolute atomic E-state index is 4.12. The van der Waals surface area contributed by atoms with Gasteiger partial charge in [0.2, 0.25) is 0 Å². The third-order valence-electron chi connectivity index (χ3n) is 4.18. The van der Waals surface area contributed by atoms with Crippen molar-refractivity contribution in [1.82, 2.24) is 0 Å². The normalized spacial score (nSPS) is 22.4. The van der Waals surface area contributed by atoms with Gasteiger partial charge >= 0.3 is 0 Å². The standard InChI is InChI=1S/C20H26S12/c1-12-27-14(21-3)18(28-12)25-11-26-19-15(22-4)29-13(30-19)9-7-8-10-20(2)31-16(23-5)17(24-6)32-20/h9H,1,7-8,10-11H2,2-6H3/b13-9-. The predicted molar refractivity (Wildman–Crippen MR) is 180 cm³/mol. The van der Waals surface area contributed by atoms with E-state index in [4.69, 9.17) is 0 Å². The predicted octanol–water partition coefficient (Wildman–Crippen LogP) is 11.9. The highest BCUT2D eigenvalue weighted by Gasteiger charge is 2.35. The summed E-state index contributed by atoms with van der Waals surface area (Å²) in [5.41, 5.74) is 0. The Kier molecular flexibility index (Phi) is 13.6. The molecule has 3 aliphatic rings. The van der Waals surface area contributed by atoms with Gasteiger partial charge in [0.25, 0.3) is 0 Å². The molecule has 0 amide bonds. The number of thioether (sulfide) groups is 12. The highest BCUT2D eigenvalue weighted by atomic mass is 32.3. The van der Waals surface area contributed by atoms with Crippen molar-refractivity contribution >= 4 is 141 Å². The van der Waals surface area contributed by atoms with Gasteiger partial charge in [-0.1, -0.05) is 83.2 Å². The minimum atomic E-state index is 0.304. The van der Waals surface area contributed by atoms with Crippen molar-refractivity contribution in [2.45, 2.75) is 30.3 Å². The van der Waals surface area contributed by atoms with Crippen LogP contribution >= 0.6 is 141 Å². The summed E-state index contributed by atoms with van der Waals surface area (Å²) >= 11 is 23.3. The lowest BCUT2D eigenvalue weighted by molar-refractivity contribution is 0.713. The van der Waals surface area contributed by atoms with Crippen LogP contribution in [0.5, 0.6) is 0 Å². The van der Waals surface area contributed by atoms with Gasteiger partial charge in [0.15, 0.2) is 0 Å². The summed E-state index contributed by atoms with van der Waals surface area (Å²) in [5.74, 6) is 0. The zero-order valence-electron chi connectivity index (χ0n) is 18.5. The Morgan fingerprint density at radius 3 is 1.84 bits per heavy atom. The minimum absolute atomic E-state index is 0.304. The Morgan fingerprint density at radius 1 is 0.750 bits per heavy atom. The summed E-state index contributed by atoms with van der Waals surface area (Å²) in [4.78, 5) is 0. The second-order valence-corrected chi connectivity index (χ2v) is 21.8. The van der Waals surface area contributed by atoms with Crippen molar-refractivity contribution in [1.29, 1.82) is 0 Å². The first-order chi connectivity index (χ1) is 15.4. The molecule has 32 heavy (non-hydrogen) atoms. The average molecular weight is 651 g/mol. The number of hydrogen-bond donors (Lipinski definition) is 0. The first kappa shape index (κ1) is 29.5. The fourth-order valence-corrected chi connectivity index (χ4v) is 19.8. The molecule has 3 rings (SSSR count). The molecule has 3 aliphatic heterocycles. The highest BCUT2D eigenvalue weighted by molar-refractivity contribution is 8.44. The van der Waals surface area contributed by atoms with E-state index in [9.17, 15) is 0 Å². The number of allylic oxidation sites excluding steroid dienone is 1. The lowest BCUT2D eigenvalue weighted by atomic mass is 10.2. The van der Waals surface area contributed by atoms with Crippen LogP contribution in [-0.4, -0.2) is 34.2 Å². The van der Waals surface area contributed by atoms with E-state index in [0.717, 1.165) is 5.08 Å². The summed E-state index contributed by atoms with van der Waals surface area (Å²) in [6.45, 7) is 6.54. The largest absolute Gasteiger partial charge is 0.121 e. The second kappa shape index (κ2) is 14.7. The fraction of sp³-hybridized carbons (Fsp3) is 0.500. The zero-order valence-corrected chi connectivity index (χ0v) is 28.3. The third kappa shape index (κ3) is 8.46. The molecular formula is C20H26S12. The van der Waals surface area contributed by atoms with Crippen LogP contribution in [0.4, 0.5) is 0 Å². The van der Waals surface area contributed by atoms with E-state index in [2.05, 4.69) is 68.1 Å². The summed E-state index contributed by atoms with van der Waals surface area (Å²) in [6.07, 6.45) is 14.9. The van der Waals surface area contributed by atoms with Gasteiger partial charge < -0.3 is 0 Å². The Balaban J connectivity index is 1.43. The van der Waals surface area contributed by atoms with Crippen molar-refractivity contribution in [3.63, 3.8) is 0 Å². The van der Waals surface area contributed by atoms with E-state index in [1.54, 1.807) is 0 Å². The molecule has 0 radical (unpaired) electrons. The number of hydrogen-bond acceptors (Lipinski definition) is 12. The van der Waals surface area contributed by atoms with E-state index in [1.807, 2.05) is 118 Å². The Bertz CT molecular complexity index is 822. The van der Waals surface area contributed by atoms with Gasteiger partial charge in [-0.15, -0.1) is 70.6 Å². The molecule has 12 heteroatoms. The van der Waals surface area contributed by atoms with Crippen LogP contribution in [0.1, 0.15) is 26.2 Å². The topological polar surface area (TPSA) is 0 Å². The fourth-order valence-electron chi connectivity index (χ4n) is 2.74. The number of rotatable bonds is 12. The van der Waals surface area contributed by atoms with Gasteiger partial charge in [0, 0.05) is 13.6 Å². The molecule has 0 aromatic heterocycles. The van der Waals surface area contributed by atoms with Gasteiger partial charge in [0.1, 0.15) is 0 Å². The highest BCUT2D eigenvalue weighted by Crippen LogP contribution is 2.62. The van der Waals surface area contributed by atoms with Crippen LogP contribution in [0.15, 0.2) is 46.6 Å². The maximum Gasteiger partial charge on any atom is 0.0688 e. The first-order valence-corrected chi connectivity index (χ1v) is 21.3. The molecule has 3 heterocycles. The molecule has 0 spiro atoms. The first-order valence-electron chi connectivity index (χ1n) is 9.54. The summed E-state index contributed by atoms with van der Waals surface area (Å²) in [6, 6.07) is 0. The molecule has 0 saturated carbocycles. The van der Waals surface area contributed by atoms with Gasteiger partial charge in [0.05, 0.1) is 29.5 Å². The monoisotopic (exact) mass is 650 g/mol. The molecule has 0 atom stereocenters. The van der Waals surface area contributed by atoms with E-state index >= 15 is 0 Å². The molecule has 0 aromatic rings. The van der Waals surface area contributed by atoms with Gasteiger partial charge in [-0.3, -0.25) is 0 Å². The van der Waals surface area contributed by atoms with Crippen LogP contribution in [0.25, 0.3) is 0 Å². The second-order valence-electron chi connectivity index (χ2n) is 6.48. The van der Waals surface area contributed by atoms with E-state index in [0.29, 0.717) is 4.08 Å². The third-order valence-corrected chi connectivity index (χ3v) is 20.4. The van der Waals surface area contributed by atoms with E-state index in [-0.39, 0.29) is 0 Å². The number of unbranched alkanes of at least 4 members (excludes halogenated alkanes) is 1. The SMILES string of the molecule is C=C1SC(SC)=C(SCSC2=C(SC)S/C(=C/CCCC3(C)SC(SC)=C(SC)S3)S2)S1. The quantitative estimate of drug-likeness (QED) is 0.146. The summed E-state index contributed by atoms with van der Waals surface area (Å²) in [7, 11) is 0. The Labute approximate surface area is 245 Å². The van der Waals surface area contributed by atoms with Crippen molar-refractivity contribution in [3.05, 3.63) is 46.6 Å². The molecule has 0 unspecified atom stereocenters. The molecule has 0 aromatic carbocycles. The minimum Gasteiger partial charge on any atom is -0.121 e. The lowest BCUT2D eigenvalue weighted by Crippen LogP contribution is -2.10. The van der Waals surface area contributed by atoms with Crippen molar-refractivity contribution in [2.24, 2.45) is 0 Å². The van der Waals surface area contributed by atoms with Crippen LogP contribution in [0.2, 0.25) is 0 Å². The van der Waals surface area contributed by atoms with Crippen molar-refractivity contribution in [2.75, 3.05) is 30.1 Å². The smallest absolute Gasteiger partial charge is 0.0688 e. The lowest BCUT2D eigenvalue weighted by Gasteiger charge is -2.22. The average Bonchev–Trinajstić information content (AvgIpc) is 3.45. The molecule has 178 valence electrons.